The van der Waals surface area contributed by atoms with E-state index in [1.54, 1.807) is 6.07 Å². The molecule has 11 heteroatoms. The normalized spacial score (nSPS) is 15.4. The first kappa shape index (κ1) is 21.1. The monoisotopic (exact) mass is 430 g/mol. The van der Waals surface area contributed by atoms with Gasteiger partial charge < -0.3 is 9.64 Å². The van der Waals surface area contributed by atoms with Crippen molar-refractivity contribution in [3.8, 4) is 5.75 Å². The zero-order valence-electron chi connectivity index (χ0n) is 15.4. The third-order valence-corrected chi connectivity index (χ3v) is 4.97. The van der Waals surface area contributed by atoms with Crippen molar-refractivity contribution in [3.63, 3.8) is 0 Å². The second kappa shape index (κ2) is 8.42. The molecule has 2 heterocycles. The molecule has 1 aliphatic rings. The summed E-state index contributed by atoms with van der Waals surface area (Å²) in [5, 5.41) is 11.0. The van der Waals surface area contributed by atoms with Gasteiger partial charge in [-0.1, -0.05) is 11.6 Å². The van der Waals surface area contributed by atoms with Gasteiger partial charge in [0.15, 0.2) is 0 Å². The summed E-state index contributed by atoms with van der Waals surface area (Å²) in [6, 6.07) is 5.32. The Morgan fingerprint density at radius 1 is 1.24 bits per heavy atom. The minimum Gasteiger partial charge on any atom is -0.496 e. The second-order valence-corrected chi connectivity index (χ2v) is 6.95. The predicted octanol–water partition coefficient (Wildman–Crippen LogP) is 3.99. The highest BCUT2D eigenvalue weighted by Gasteiger charge is 2.32. The van der Waals surface area contributed by atoms with Crippen molar-refractivity contribution in [2.24, 2.45) is 0 Å². The maximum absolute atomic E-state index is 12.8. The van der Waals surface area contributed by atoms with Crippen LogP contribution in [-0.4, -0.2) is 48.1 Å². The topological polar surface area (TPSA) is 71.7 Å². The molecule has 0 bridgehead atoms. The van der Waals surface area contributed by atoms with E-state index in [9.17, 15) is 23.3 Å². The lowest BCUT2D eigenvalue weighted by Crippen LogP contribution is -2.46. The molecule has 3 rings (SSSR count). The van der Waals surface area contributed by atoms with Gasteiger partial charge in [0.05, 0.1) is 22.6 Å². The van der Waals surface area contributed by atoms with Crippen LogP contribution in [-0.2, 0) is 12.7 Å². The summed E-state index contributed by atoms with van der Waals surface area (Å²) in [6.45, 7) is 2.65. The first-order chi connectivity index (χ1) is 13.7. The molecule has 1 aliphatic heterocycles. The number of non-ortho nitro benzene ring substituents is 1. The summed E-state index contributed by atoms with van der Waals surface area (Å²) in [4.78, 5) is 18.4. The Hall–Kier alpha value is -2.59. The van der Waals surface area contributed by atoms with Crippen LogP contribution in [0.1, 0.15) is 11.1 Å². The number of halogens is 4. The molecule has 0 spiro atoms. The molecule has 0 aliphatic carbocycles. The molecule has 156 valence electrons. The van der Waals surface area contributed by atoms with E-state index in [1.807, 2.05) is 4.90 Å². The van der Waals surface area contributed by atoms with Gasteiger partial charge in [-0.05, 0) is 12.1 Å². The number of benzene rings is 1. The number of rotatable bonds is 5. The van der Waals surface area contributed by atoms with E-state index in [1.165, 1.54) is 19.2 Å². The van der Waals surface area contributed by atoms with Crippen molar-refractivity contribution < 1.29 is 22.8 Å². The number of nitrogens with zero attached hydrogens (tertiary/aromatic N) is 4. The fraction of sp³-hybridized carbons (Fsp3) is 0.389. The number of hydrogen-bond donors (Lipinski definition) is 0. The summed E-state index contributed by atoms with van der Waals surface area (Å²) in [6.07, 6.45) is -3.72. The van der Waals surface area contributed by atoms with Crippen molar-refractivity contribution in [3.05, 3.63) is 56.7 Å². The Morgan fingerprint density at radius 2 is 1.93 bits per heavy atom. The number of nitro benzene ring substituents is 1. The highest BCUT2D eigenvalue weighted by atomic mass is 35.5. The van der Waals surface area contributed by atoms with Crippen LogP contribution in [0.25, 0.3) is 0 Å². The predicted molar refractivity (Wildman–Crippen MR) is 101 cm³/mol. The Labute approximate surface area is 169 Å². The van der Waals surface area contributed by atoms with E-state index < -0.39 is 16.7 Å². The molecule has 1 saturated heterocycles. The van der Waals surface area contributed by atoms with E-state index in [-0.39, 0.29) is 10.7 Å². The first-order valence-electron chi connectivity index (χ1n) is 8.70. The zero-order valence-corrected chi connectivity index (χ0v) is 16.2. The van der Waals surface area contributed by atoms with Gasteiger partial charge in [-0.15, -0.1) is 0 Å². The largest absolute Gasteiger partial charge is 0.496 e. The Kier molecular flexibility index (Phi) is 6.13. The lowest BCUT2D eigenvalue weighted by atomic mass is 10.1. The third-order valence-electron chi connectivity index (χ3n) is 4.69. The van der Waals surface area contributed by atoms with Crippen molar-refractivity contribution in [2.75, 3.05) is 38.2 Å². The van der Waals surface area contributed by atoms with E-state index in [0.717, 1.165) is 12.3 Å². The van der Waals surface area contributed by atoms with Crippen LogP contribution in [0.15, 0.2) is 30.5 Å². The Balaban J connectivity index is 1.67. The molecule has 1 aromatic carbocycles. The van der Waals surface area contributed by atoms with Gasteiger partial charge in [0.25, 0.3) is 5.69 Å². The van der Waals surface area contributed by atoms with E-state index in [4.69, 9.17) is 16.3 Å². The highest BCUT2D eigenvalue weighted by molar-refractivity contribution is 6.33. The number of aromatic nitrogens is 1. The zero-order chi connectivity index (χ0) is 21.2. The molecule has 0 N–H and O–H groups in total. The highest BCUT2D eigenvalue weighted by Crippen LogP contribution is 2.34. The van der Waals surface area contributed by atoms with Gasteiger partial charge in [-0.25, -0.2) is 4.98 Å². The van der Waals surface area contributed by atoms with Crippen LogP contribution in [0.3, 0.4) is 0 Å². The molecular weight excluding hydrogens is 413 g/mol. The minimum atomic E-state index is -4.49. The van der Waals surface area contributed by atoms with Gasteiger partial charge in [0.1, 0.15) is 11.6 Å². The van der Waals surface area contributed by atoms with Gasteiger partial charge in [-0.2, -0.15) is 13.2 Å². The summed E-state index contributed by atoms with van der Waals surface area (Å²) < 4.78 is 43.6. The molecule has 0 radical (unpaired) electrons. The average Bonchev–Trinajstić information content (AvgIpc) is 2.68. The van der Waals surface area contributed by atoms with Crippen LogP contribution in [0, 0.1) is 10.1 Å². The Bertz CT molecular complexity index is 902. The number of hydrogen-bond acceptors (Lipinski definition) is 6. The van der Waals surface area contributed by atoms with Crippen molar-refractivity contribution >= 4 is 23.1 Å². The lowest BCUT2D eigenvalue weighted by Gasteiger charge is -2.36. The second-order valence-electron chi connectivity index (χ2n) is 6.54. The third kappa shape index (κ3) is 4.88. The van der Waals surface area contributed by atoms with Gasteiger partial charge in [-0.3, -0.25) is 15.0 Å². The number of ether oxygens (including phenoxy) is 1. The first-order valence-corrected chi connectivity index (χ1v) is 9.08. The quantitative estimate of drug-likeness (QED) is 0.527. The molecular formula is C18H18ClF3N4O3. The van der Waals surface area contributed by atoms with Crippen LogP contribution < -0.4 is 9.64 Å². The molecule has 1 fully saturated rings. The maximum Gasteiger partial charge on any atom is 0.417 e. The van der Waals surface area contributed by atoms with Crippen LogP contribution in [0.4, 0.5) is 24.7 Å². The molecule has 1 aromatic heterocycles. The van der Waals surface area contributed by atoms with Crippen molar-refractivity contribution in [1.29, 1.82) is 0 Å². The van der Waals surface area contributed by atoms with Crippen LogP contribution in [0.2, 0.25) is 5.02 Å². The summed E-state index contributed by atoms with van der Waals surface area (Å²) >= 11 is 6.02. The average molecular weight is 431 g/mol. The smallest absolute Gasteiger partial charge is 0.417 e. The van der Waals surface area contributed by atoms with Gasteiger partial charge in [0.2, 0.25) is 0 Å². The molecule has 2 aromatic rings. The number of methoxy groups -OCH3 is 1. The summed E-state index contributed by atoms with van der Waals surface area (Å²) in [5.74, 6) is 0.873. The van der Waals surface area contributed by atoms with E-state index in [2.05, 4.69) is 9.88 Å². The molecule has 0 atom stereocenters. The Morgan fingerprint density at radius 3 is 2.48 bits per heavy atom. The van der Waals surface area contributed by atoms with Gasteiger partial charge in [0, 0.05) is 56.6 Å². The summed E-state index contributed by atoms with van der Waals surface area (Å²) in [5.41, 5.74) is -0.205. The van der Waals surface area contributed by atoms with Crippen LogP contribution in [0.5, 0.6) is 5.75 Å². The minimum absolute atomic E-state index is 0.0137. The number of anilines is 1. The maximum atomic E-state index is 12.8. The lowest BCUT2D eigenvalue weighted by molar-refractivity contribution is -0.385. The number of piperazine rings is 1. The van der Waals surface area contributed by atoms with E-state index >= 15 is 0 Å². The van der Waals surface area contributed by atoms with Gasteiger partial charge >= 0.3 is 6.18 Å². The molecule has 0 unspecified atom stereocenters. The molecule has 7 nitrogen and oxygen atoms in total. The number of nitro groups is 1. The van der Waals surface area contributed by atoms with E-state index in [0.29, 0.717) is 49.9 Å². The van der Waals surface area contributed by atoms with Crippen LogP contribution >= 0.6 is 11.6 Å². The van der Waals surface area contributed by atoms with Crippen molar-refractivity contribution in [1.82, 2.24) is 9.88 Å². The molecule has 0 amide bonds. The fourth-order valence-corrected chi connectivity index (χ4v) is 3.47. The molecule has 0 saturated carbocycles. The standard InChI is InChI=1S/C18H18ClF3N4O3/c1-29-16-3-2-14(26(27)28)8-12(16)11-24-4-6-25(7-5-24)17-15(19)9-13(10-23-17)18(20,21)22/h2-3,8-10H,4-7,11H2,1H3. The number of alkyl halides is 3. The SMILES string of the molecule is COc1ccc([N+](=O)[O-])cc1CN1CCN(c2ncc(C(F)(F)F)cc2Cl)CC1. The molecule has 29 heavy (non-hydrogen) atoms. The van der Waals surface area contributed by atoms with Crippen molar-refractivity contribution in [2.45, 2.75) is 12.7 Å². The summed E-state index contributed by atoms with van der Waals surface area (Å²) in [7, 11) is 1.50. The fourth-order valence-electron chi connectivity index (χ4n) is 3.18. The number of pyridine rings is 1.